The fourth-order valence-electron chi connectivity index (χ4n) is 2.44. The fourth-order valence-corrected chi connectivity index (χ4v) is 3.38. The number of carbonyl (C=O) groups is 1. The van der Waals surface area contributed by atoms with Crippen LogP contribution in [0.2, 0.25) is 5.02 Å². The van der Waals surface area contributed by atoms with E-state index in [4.69, 9.17) is 16.3 Å². The van der Waals surface area contributed by atoms with Gasteiger partial charge in [-0.05, 0) is 24.3 Å². The molecular formula is C20H17ClF2N4O2S. The summed E-state index contributed by atoms with van der Waals surface area (Å²) in [6.07, 6.45) is 1.66. The molecule has 1 aromatic heterocycles. The van der Waals surface area contributed by atoms with Crippen molar-refractivity contribution in [3.05, 3.63) is 77.6 Å². The second-order valence-electron chi connectivity index (χ2n) is 5.98. The Bertz CT molecular complexity index is 1060. The van der Waals surface area contributed by atoms with Gasteiger partial charge in [-0.2, -0.15) is 0 Å². The summed E-state index contributed by atoms with van der Waals surface area (Å²) in [4.78, 5) is 12.1. The van der Waals surface area contributed by atoms with Gasteiger partial charge in [0.25, 0.3) is 0 Å². The number of hydrogen-bond donors (Lipinski definition) is 1. The van der Waals surface area contributed by atoms with Crippen molar-refractivity contribution in [2.24, 2.45) is 0 Å². The van der Waals surface area contributed by atoms with Crippen LogP contribution >= 0.6 is 23.4 Å². The lowest BCUT2D eigenvalue weighted by Crippen LogP contribution is -2.15. The molecule has 10 heteroatoms. The molecule has 1 N–H and O–H groups in total. The smallest absolute Gasteiger partial charge is 0.234 e. The number of amides is 1. The van der Waals surface area contributed by atoms with Gasteiger partial charge < -0.3 is 10.1 Å². The first-order chi connectivity index (χ1) is 14.5. The molecule has 0 aliphatic heterocycles. The van der Waals surface area contributed by atoms with Crippen molar-refractivity contribution in [3.63, 3.8) is 0 Å². The third-order valence-electron chi connectivity index (χ3n) is 3.84. The summed E-state index contributed by atoms with van der Waals surface area (Å²) in [6.45, 7) is 4.17. The number of anilines is 1. The van der Waals surface area contributed by atoms with Crippen LogP contribution < -0.4 is 10.1 Å². The van der Waals surface area contributed by atoms with E-state index in [1.54, 1.807) is 22.8 Å². The van der Waals surface area contributed by atoms with E-state index < -0.39 is 11.6 Å². The van der Waals surface area contributed by atoms with E-state index in [1.165, 1.54) is 30.3 Å². The molecule has 2 aromatic carbocycles. The van der Waals surface area contributed by atoms with Gasteiger partial charge in [0.05, 0.1) is 16.5 Å². The first-order valence-corrected chi connectivity index (χ1v) is 10.1. The zero-order valence-corrected chi connectivity index (χ0v) is 17.2. The van der Waals surface area contributed by atoms with Crippen molar-refractivity contribution < 1.29 is 18.3 Å². The van der Waals surface area contributed by atoms with Crippen LogP contribution in [0.3, 0.4) is 0 Å². The summed E-state index contributed by atoms with van der Waals surface area (Å²) in [5.74, 6) is -0.535. The number of allylic oxidation sites excluding steroid dienone is 1. The van der Waals surface area contributed by atoms with Crippen molar-refractivity contribution in [1.82, 2.24) is 14.8 Å². The standard InChI is InChI=1S/C20H17ClF2N4O2S/c1-2-9-27-18(11-29-13-7-8-15(22)14(21)10-13)25-26-20(27)30-12-19(28)24-17-6-4-3-5-16(17)23/h2-8,10H,1,9,11-12H2,(H,24,28). The van der Waals surface area contributed by atoms with Crippen molar-refractivity contribution in [3.8, 4) is 5.75 Å². The average Bonchev–Trinajstić information content (AvgIpc) is 3.11. The lowest BCUT2D eigenvalue weighted by molar-refractivity contribution is -0.113. The van der Waals surface area contributed by atoms with E-state index in [9.17, 15) is 13.6 Å². The number of nitrogens with zero attached hydrogens (tertiary/aromatic N) is 3. The summed E-state index contributed by atoms with van der Waals surface area (Å²) in [7, 11) is 0. The molecule has 3 aromatic rings. The SMILES string of the molecule is C=CCn1c(COc2ccc(F)c(Cl)c2)nnc1SCC(=O)Nc1ccccc1F. The van der Waals surface area contributed by atoms with Gasteiger partial charge in [-0.25, -0.2) is 8.78 Å². The molecule has 0 saturated carbocycles. The molecule has 156 valence electrons. The molecule has 6 nitrogen and oxygen atoms in total. The predicted molar refractivity (Wildman–Crippen MR) is 112 cm³/mol. The highest BCUT2D eigenvalue weighted by molar-refractivity contribution is 7.99. The van der Waals surface area contributed by atoms with Gasteiger partial charge >= 0.3 is 0 Å². The van der Waals surface area contributed by atoms with E-state index >= 15 is 0 Å². The molecule has 0 aliphatic rings. The Morgan fingerprint density at radius 2 is 2.03 bits per heavy atom. The zero-order chi connectivity index (χ0) is 21.5. The normalized spacial score (nSPS) is 10.6. The van der Waals surface area contributed by atoms with Crippen LogP contribution in [0, 0.1) is 11.6 Å². The van der Waals surface area contributed by atoms with Crippen LogP contribution in [0.5, 0.6) is 5.75 Å². The van der Waals surface area contributed by atoms with E-state index in [1.807, 2.05) is 0 Å². The molecule has 0 bridgehead atoms. The van der Waals surface area contributed by atoms with Gasteiger partial charge in [-0.3, -0.25) is 9.36 Å². The van der Waals surface area contributed by atoms with Crippen LogP contribution in [0.4, 0.5) is 14.5 Å². The quantitative estimate of drug-likeness (QED) is 0.378. The Balaban J connectivity index is 1.63. The Kier molecular flexibility index (Phi) is 7.42. The van der Waals surface area contributed by atoms with Crippen LogP contribution in [0.1, 0.15) is 5.82 Å². The number of ether oxygens (including phenoxy) is 1. The molecule has 1 heterocycles. The average molecular weight is 451 g/mol. The van der Waals surface area contributed by atoms with Crippen molar-refractivity contribution in [2.45, 2.75) is 18.3 Å². The second kappa shape index (κ2) is 10.2. The van der Waals surface area contributed by atoms with Crippen LogP contribution in [-0.2, 0) is 17.9 Å². The lowest BCUT2D eigenvalue weighted by Gasteiger charge is -2.10. The van der Waals surface area contributed by atoms with E-state index in [0.717, 1.165) is 11.8 Å². The number of aromatic nitrogens is 3. The number of carbonyl (C=O) groups excluding carboxylic acids is 1. The molecule has 0 radical (unpaired) electrons. The maximum absolute atomic E-state index is 13.7. The maximum atomic E-state index is 13.7. The highest BCUT2D eigenvalue weighted by Crippen LogP contribution is 2.23. The first kappa shape index (κ1) is 21.8. The molecule has 0 unspecified atom stereocenters. The third-order valence-corrected chi connectivity index (χ3v) is 5.10. The highest BCUT2D eigenvalue weighted by atomic mass is 35.5. The number of thioether (sulfide) groups is 1. The molecule has 0 fully saturated rings. The van der Waals surface area contributed by atoms with E-state index in [0.29, 0.717) is 23.3 Å². The molecule has 30 heavy (non-hydrogen) atoms. The zero-order valence-electron chi connectivity index (χ0n) is 15.6. The van der Waals surface area contributed by atoms with Crippen LogP contribution in [-0.4, -0.2) is 26.4 Å². The van der Waals surface area contributed by atoms with Crippen molar-refractivity contribution >= 4 is 35.0 Å². The number of hydrogen-bond acceptors (Lipinski definition) is 5. The van der Waals surface area contributed by atoms with Gasteiger partial charge in [0, 0.05) is 12.6 Å². The topological polar surface area (TPSA) is 69.0 Å². The fraction of sp³-hybridized carbons (Fsp3) is 0.150. The molecule has 0 spiro atoms. The Labute approximate surface area is 180 Å². The lowest BCUT2D eigenvalue weighted by atomic mass is 10.3. The minimum atomic E-state index is -0.536. The monoisotopic (exact) mass is 450 g/mol. The number of benzene rings is 2. The summed E-state index contributed by atoms with van der Waals surface area (Å²) in [5, 5.41) is 11.1. The number of nitrogens with one attached hydrogen (secondary N) is 1. The van der Waals surface area contributed by atoms with Gasteiger partial charge in [-0.15, -0.1) is 16.8 Å². The van der Waals surface area contributed by atoms with Gasteiger partial charge in [0.2, 0.25) is 5.91 Å². The molecular weight excluding hydrogens is 434 g/mol. The minimum absolute atomic E-state index is 0.0119. The molecule has 0 saturated heterocycles. The number of rotatable bonds is 9. The van der Waals surface area contributed by atoms with Crippen molar-refractivity contribution in [1.29, 1.82) is 0 Å². The number of halogens is 3. The maximum Gasteiger partial charge on any atom is 0.234 e. The van der Waals surface area contributed by atoms with E-state index in [2.05, 4.69) is 22.1 Å². The Hall–Kier alpha value is -2.91. The minimum Gasteiger partial charge on any atom is -0.486 e. The first-order valence-electron chi connectivity index (χ1n) is 8.76. The largest absolute Gasteiger partial charge is 0.486 e. The second-order valence-corrected chi connectivity index (χ2v) is 7.33. The van der Waals surface area contributed by atoms with Crippen LogP contribution in [0.15, 0.2) is 60.3 Å². The summed E-state index contributed by atoms with van der Waals surface area (Å²) >= 11 is 6.90. The van der Waals surface area contributed by atoms with Gasteiger partial charge in [-0.1, -0.05) is 41.6 Å². The van der Waals surface area contributed by atoms with Gasteiger partial charge in [0.1, 0.15) is 24.0 Å². The van der Waals surface area contributed by atoms with E-state index in [-0.39, 0.29) is 29.0 Å². The third kappa shape index (κ3) is 5.58. The van der Waals surface area contributed by atoms with Gasteiger partial charge in [0.15, 0.2) is 11.0 Å². The van der Waals surface area contributed by atoms with Crippen LogP contribution in [0.25, 0.3) is 0 Å². The Morgan fingerprint density at radius 1 is 1.23 bits per heavy atom. The predicted octanol–water partition coefficient (Wildman–Crippen LogP) is 4.71. The Morgan fingerprint density at radius 3 is 2.77 bits per heavy atom. The molecule has 0 aliphatic carbocycles. The number of para-hydroxylation sites is 1. The summed E-state index contributed by atoms with van der Waals surface area (Å²) < 4.78 is 34.3. The summed E-state index contributed by atoms with van der Waals surface area (Å²) in [6, 6.07) is 9.96. The highest BCUT2D eigenvalue weighted by Gasteiger charge is 2.15. The summed E-state index contributed by atoms with van der Waals surface area (Å²) in [5.41, 5.74) is 0.114. The molecule has 0 atom stereocenters. The molecule has 1 amide bonds. The molecule has 3 rings (SSSR count). The van der Waals surface area contributed by atoms with Crippen molar-refractivity contribution in [2.75, 3.05) is 11.1 Å².